The Morgan fingerprint density at radius 3 is 2.58 bits per heavy atom. The van der Waals surface area contributed by atoms with E-state index in [1.807, 2.05) is 12.1 Å². The average molecular weight is 271 g/mol. The molecule has 0 unspecified atom stereocenters. The number of rotatable bonds is 2. The summed E-state index contributed by atoms with van der Waals surface area (Å²) in [5, 5.41) is 7.76. The van der Waals surface area contributed by atoms with Gasteiger partial charge in [0.2, 0.25) is 0 Å². The molecule has 0 spiro atoms. The van der Waals surface area contributed by atoms with Crippen molar-refractivity contribution in [2.75, 3.05) is 5.73 Å². The fourth-order valence-corrected chi connectivity index (χ4v) is 2.84. The summed E-state index contributed by atoms with van der Waals surface area (Å²) in [6.07, 6.45) is 0. The molecule has 2 N–H and O–H groups in total. The van der Waals surface area contributed by atoms with E-state index in [0.717, 1.165) is 9.79 Å². The number of hydrogen-bond acceptors (Lipinski definition) is 5. The molecular weight excluding hydrogens is 258 g/mol. The Balaban J connectivity index is 2.03. The summed E-state index contributed by atoms with van der Waals surface area (Å²) in [6, 6.07) is 10.2. The summed E-state index contributed by atoms with van der Waals surface area (Å²) in [4.78, 5) is 2.16. The maximum atomic E-state index is 5.84. The molecule has 19 heavy (non-hydrogen) atoms. The van der Waals surface area contributed by atoms with Crippen molar-refractivity contribution in [2.24, 2.45) is 0 Å². The maximum absolute atomic E-state index is 5.84. The Morgan fingerprint density at radius 2 is 1.79 bits per heavy atom. The van der Waals surface area contributed by atoms with Crippen LogP contribution in [0.4, 0.5) is 5.69 Å². The molecule has 0 saturated heterocycles. The molecule has 1 aromatic heterocycles. The monoisotopic (exact) mass is 271 g/mol. The highest BCUT2D eigenvalue weighted by Gasteiger charge is 2.11. The quantitative estimate of drug-likeness (QED) is 0.722. The smallest absolute Gasteiger partial charge is 0.159 e. The van der Waals surface area contributed by atoms with Gasteiger partial charge in [-0.3, -0.25) is 0 Å². The van der Waals surface area contributed by atoms with Crippen LogP contribution >= 0.6 is 11.8 Å². The first-order valence-corrected chi connectivity index (χ1v) is 6.72. The third kappa shape index (κ3) is 2.17. The second-order valence-electron chi connectivity index (χ2n) is 4.46. The third-order valence-electron chi connectivity index (χ3n) is 3.12. The minimum atomic E-state index is 0.584. The molecule has 0 aliphatic carbocycles. The number of aryl methyl sites for hydroxylation is 2. The predicted octanol–water partition coefficient (Wildman–Crippen LogP) is 3.57. The SMILES string of the molecule is Cc1ccc(Sc2ccc(N)c3nonc23)cc1C. The number of benzene rings is 2. The maximum Gasteiger partial charge on any atom is 0.159 e. The number of nitrogen functional groups attached to an aromatic ring is 1. The van der Waals surface area contributed by atoms with Crippen LogP contribution in [-0.2, 0) is 0 Å². The van der Waals surface area contributed by atoms with Crippen molar-refractivity contribution in [3.63, 3.8) is 0 Å². The summed E-state index contributed by atoms with van der Waals surface area (Å²) in [5.41, 5.74) is 10.3. The molecule has 3 rings (SSSR count). The van der Waals surface area contributed by atoms with Crippen molar-refractivity contribution in [2.45, 2.75) is 23.6 Å². The summed E-state index contributed by atoms with van der Waals surface area (Å²) in [7, 11) is 0. The van der Waals surface area contributed by atoms with Crippen LogP contribution in [0, 0.1) is 13.8 Å². The van der Waals surface area contributed by atoms with Crippen molar-refractivity contribution < 1.29 is 4.63 Å². The zero-order valence-corrected chi connectivity index (χ0v) is 11.5. The van der Waals surface area contributed by atoms with Gasteiger partial charge in [-0.1, -0.05) is 17.8 Å². The van der Waals surface area contributed by atoms with E-state index in [1.54, 1.807) is 11.8 Å². The molecule has 0 fully saturated rings. The first-order chi connectivity index (χ1) is 9.15. The van der Waals surface area contributed by atoms with E-state index in [0.29, 0.717) is 16.7 Å². The molecule has 0 saturated carbocycles. The topological polar surface area (TPSA) is 64.9 Å². The molecule has 1 heterocycles. The third-order valence-corrected chi connectivity index (χ3v) is 4.15. The normalized spacial score (nSPS) is 11.1. The highest BCUT2D eigenvalue weighted by atomic mass is 32.2. The van der Waals surface area contributed by atoms with E-state index < -0.39 is 0 Å². The lowest BCUT2D eigenvalue weighted by atomic mass is 10.1. The second kappa shape index (κ2) is 4.59. The highest BCUT2D eigenvalue weighted by Crippen LogP contribution is 2.34. The van der Waals surface area contributed by atoms with Crippen molar-refractivity contribution in [3.8, 4) is 0 Å². The summed E-state index contributed by atoms with van der Waals surface area (Å²) >= 11 is 1.64. The lowest BCUT2D eigenvalue weighted by Gasteiger charge is -2.05. The minimum absolute atomic E-state index is 0.584. The van der Waals surface area contributed by atoms with Crippen molar-refractivity contribution >= 4 is 28.5 Å². The Bertz CT molecular complexity index is 752. The minimum Gasteiger partial charge on any atom is -0.397 e. The van der Waals surface area contributed by atoms with Gasteiger partial charge in [0, 0.05) is 9.79 Å². The molecule has 0 aliphatic rings. The molecule has 0 atom stereocenters. The number of nitrogens with zero attached hydrogens (tertiary/aromatic N) is 2. The fraction of sp³-hybridized carbons (Fsp3) is 0.143. The Kier molecular flexibility index (Phi) is 2.91. The zero-order chi connectivity index (χ0) is 13.4. The van der Waals surface area contributed by atoms with E-state index >= 15 is 0 Å². The van der Waals surface area contributed by atoms with Gasteiger partial charge in [-0.2, -0.15) is 0 Å². The molecule has 4 nitrogen and oxygen atoms in total. The molecule has 0 aliphatic heterocycles. The lowest BCUT2D eigenvalue weighted by molar-refractivity contribution is 0.315. The van der Waals surface area contributed by atoms with Gasteiger partial charge in [-0.05, 0) is 59.6 Å². The van der Waals surface area contributed by atoms with E-state index in [9.17, 15) is 0 Å². The largest absolute Gasteiger partial charge is 0.397 e. The number of aromatic nitrogens is 2. The zero-order valence-electron chi connectivity index (χ0n) is 10.7. The van der Waals surface area contributed by atoms with Gasteiger partial charge in [-0.15, -0.1) is 0 Å². The van der Waals surface area contributed by atoms with Gasteiger partial charge in [0.25, 0.3) is 0 Å². The van der Waals surface area contributed by atoms with Crippen LogP contribution in [0.3, 0.4) is 0 Å². The number of fused-ring (bicyclic) bond motifs is 1. The van der Waals surface area contributed by atoms with Crippen LogP contribution in [0.15, 0.2) is 44.8 Å². The molecule has 2 aromatic carbocycles. The van der Waals surface area contributed by atoms with Gasteiger partial charge < -0.3 is 5.73 Å². The van der Waals surface area contributed by atoms with Crippen LogP contribution in [0.2, 0.25) is 0 Å². The molecule has 3 aromatic rings. The predicted molar refractivity (Wildman–Crippen MR) is 76.3 cm³/mol. The van der Waals surface area contributed by atoms with Crippen molar-refractivity contribution in [1.29, 1.82) is 0 Å². The van der Waals surface area contributed by atoms with Gasteiger partial charge in [-0.25, -0.2) is 4.63 Å². The van der Waals surface area contributed by atoms with Crippen LogP contribution in [0.25, 0.3) is 11.0 Å². The highest BCUT2D eigenvalue weighted by molar-refractivity contribution is 7.99. The number of nitrogens with two attached hydrogens (primary N) is 1. The number of hydrogen-bond donors (Lipinski definition) is 1. The van der Waals surface area contributed by atoms with Gasteiger partial charge in [0.1, 0.15) is 0 Å². The van der Waals surface area contributed by atoms with Gasteiger partial charge >= 0.3 is 0 Å². The first-order valence-electron chi connectivity index (χ1n) is 5.91. The van der Waals surface area contributed by atoms with E-state index in [1.165, 1.54) is 11.1 Å². The van der Waals surface area contributed by atoms with Crippen LogP contribution in [-0.4, -0.2) is 10.3 Å². The summed E-state index contributed by atoms with van der Waals surface area (Å²) in [5.74, 6) is 0. The van der Waals surface area contributed by atoms with E-state index in [2.05, 4.69) is 42.4 Å². The van der Waals surface area contributed by atoms with Crippen LogP contribution in [0.1, 0.15) is 11.1 Å². The second-order valence-corrected chi connectivity index (χ2v) is 5.58. The van der Waals surface area contributed by atoms with Crippen LogP contribution in [0.5, 0.6) is 0 Å². The summed E-state index contributed by atoms with van der Waals surface area (Å²) < 4.78 is 4.77. The molecule has 0 radical (unpaired) electrons. The van der Waals surface area contributed by atoms with E-state index in [4.69, 9.17) is 10.4 Å². The molecule has 5 heteroatoms. The molecular formula is C14H13N3OS. The van der Waals surface area contributed by atoms with Crippen molar-refractivity contribution in [3.05, 3.63) is 41.5 Å². The van der Waals surface area contributed by atoms with Crippen LogP contribution < -0.4 is 5.73 Å². The Morgan fingerprint density at radius 1 is 1.00 bits per heavy atom. The molecule has 0 amide bonds. The fourth-order valence-electron chi connectivity index (χ4n) is 1.85. The lowest BCUT2D eigenvalue weighted by Crippen LogP contribution is -1.88. The Hall–Kier alpha value is -2.01. The Labute approximate surface area is 114 Å². The van der Waals surface area contributed by atoms with Gasteiger partial charge in [0.05, 0.1) is 5.69 Å². The standard InChI is InChI=1S/C14H13N3OS/c1-8-3-4-10(7-9(8)2)19-12-6-5-11(15)13-14(12)17-18-16-13/h3-7H,15H2,1-2H3. The number of anilines is 1. The molecule has 96 valence electrons. The molecule has 0 bridgehead atoms. The van der Waals surface area contributed by atoms with Gasteiger partial charge in [0.15, 0.2) is 11.0 Å². The van der Waals surface area contributed by atoms with Crippen molar-refractivity contribution in [1.82, 2.24) is 10.3 Å². The first kappa shape index (κ1) is 12.0. The average Bonchev–Trinajstić information content (AvgIpc) is 2.87. The van der Waals surface area contributed by atoms with E-state index in [-0.39, 0.29) is 0 Å². The summed E-state index contributed by atoms with van der Waals surface area (Å²) in [6.45, 7) is 4.21.